The van der Waals surface area contributed by atoms with E-state index in [0.717, 1.165) is 12.2 Å². The second-order valence-electron chi connectivity index (χ2n) is 7.47. The molecule has 0 saturated carbocycles. The largest absolute Gasteiger partial charge is 0.508 e. The van der Waals surface area contributed by atoms with Gasteiger partial charge < -0.3 is 24.8 Å². The molecule has 0 bridgehead atoms. The quantitative estimate of drug-likeness (QED) is 0.228. The smallest absolute Gasteiger partial charge is 0.389 e. The van der Waals surface area contributed by atoms with Crippen LogP contribution in [0.5, 0.6) is 11.5 Å². The lowest BCUT2D eigenvalue weighted by molar-refractivity contribution is -0.134. The Morgan fingerprint density at radius 3 is 2.09 bits per heavy atom. The molecule has 2 aromatic carbocycles. The van der Waals surface area contributed by atoms with Crippen molar-refractivity contribution in [2.75, 3.05) is 14.2 Å². The number of halogens is 3. The van der Waals surface area contributed by atoms with E-state index in [9.17, 15) is 33.3 Å². The predicted molar refractivity (Wildman–Crippen MR) is 126 cm³/mol. The van der Waals surface area contributed by atoms with Gasteiger partial charge in [0.15, 0.2) is 17.3 Å². The topological polar surface area (TPSA) is 96.2 Å². The van der Waals surface area contributed by atoms with E-state index in [1.807, 2.05) is 0 Å². The molecule has 6 nitrogen and oxygen atoms in total. The van der Waals surface area contributed by atoms with E-state index >= 15 is 0 Å². The van der Waals surface area contributed by atoms with Gasteiger partial charge in [0.05, 0.1) is 27.4 Å². The summed E-state index contributed by atoms with van der Waals surface area (Å²) >= 11 is 0. The molecule has 0 aliphatic heterocycles. The van der Waals surface area contributed by atoms with Crippen LogP contribution in [-0.2, 0) is 18.0 Å². The predicted octanol–water partition coefficient (Wildman–Crippen LogP) is 5.14. The minimum absolute atomic E-state index is 0.270. The number of aliphatic hydroxyl groups excluding tert-OH is 3. The molecule has 3 N–H and O–H groups in total. The van der Waals surface area contributed by atoms with Crippen LogP contribution in [0, 0.1) is 0 Å². The first-order valence-corrected chi connectivity index (χ1v) is 10.6. The van der Waals surface area contributed by atoms with Gasteiger partial charge in [0.1, 0.15) is 5.76 Å². The maximum absolute atomic E-state index is 12.8. The van der Waals surface area contributed by atoms with Crippen molar-refractivity contribution in [1.82, 2.24) is 0 Å². The molecule has 0 heterocycles. The fraction of sp³-hybridized carbons (Fsp3) is 0.269. The molecule has 0 saturated heterocycles. The average molecular weight is 492 g/mol. The third-order valence-electron chi connectivity index (χ3n) is 5.10. The summed E-state index contributed by atoms with van der Waals surface area (Å²) in [5.74, 6) is -0.498. The second kappa shape index (κ2) is 12.8. The fourth-order valence-electron chi connectivity index (χ4n) is 3.20. The molecule has 0 aliphatic carbocycles. The Bertz CT molecular complexity index is 1120. The number of rotatable bonds is 11. The Hall–Kier alpha value is -3.56. The summed E-state index contributed by atoms with van der Waals surface area (Å²) in [6.45, 7) is -0.594. The monoisotopic (exact) mass is 492 g/mol. The van der Waals surface area contributed by atoms with E-state index < -0.39 is 36.1 Å². The Morgan fingerprint density at radius 2 is 1.49 bits per heavy atom. The van der Waals surface area contributed by atoms with Gasteiger partial charge in [-0.15, -0.1) is 0 Å². The van der Waals surface area contributed by atoms with Crippen LogP contribution in [0.25, 0.3) is 12.2 Å². The van der Waals surface area contributed by atoms with Gasteiger partial charge >= 0.3 is 6.18 Å². The lowest BCUT2D eigenvalue weighted by atomic mass is 10.0. The Morgan fingerprint density at radius 1 is 0.886 bits per heavy atom. The molecule has 35 heavy (non-hydrogen) atoms. The number of allylic oxidation sites excluding steroid dienone is 3. The standard InChI is InChI=1S/C26H27F3O6/c1-34-24-10-6-18(14-25(24)35-2)5-9-23(33)21(11-12-26(27,28)29)22(32)8-4-17-3-7-19(15-30)20(13-17)16-31/h3-10,13-14,30-32H,11-12,15-16H2,1-2H3/b8-4+,9-5+,22-21?. The minimum atomic E-state index is -4.52. The van der Waals surface area contributed by atoms with Crippen molar-refractivity contribution in [2.24, 2.45) is 0 Å². The number of carbonyl (C=O) groups excluding carboxylic acids is 1. The molecule has 188 valence electrons. The van der Waals surface area contributed by atoms with Crippen molar-refractivity contribution >= 4 is 17.9 Å². The zero-order chi connectivity index (χ0) is 26.0. The SMILES string of the molecule is COc1ccc(/C=C/C(=O)C(CCC(F)(F)F)=C(O)/C=C/c2ccc(CO)c(CO)c2)cc1OC. The van der Waals surface area contributed by atoms with Gasteiger partial charge in [0.2, 0.25) is 0 Å². The molecule has 2 rings (SSSR count). The van der Waals surface area contributed by atoms with Crippen LogP contribution in [0.3, 0.4) is 0 Å². The molecule has 0 unspecified atom stereocenters. The lowest BCUT2D eigenvalue weighted by Crippen LogP contribution is -2.11. The van der Waals surface area contributed by atoms with Crippen molar-refractivity contribution in [3.63, 3.8) is 0 Å². The molecular formula is C26H27F3O6. The highest BCUT2D eigenvalue weighted by Gasteiger charge is 2.28. The molecule has 0 aliphatic rings. The molecule has 0 amide bonds. The molecule has 9 heteroatoms. The number of aliphatic hydroxyl groups is 3. The maximum atomic E-state index is 12.8. The first-order valence-electron chi connectivity index (χ1n) is 10.6. The molecule has 2 aromatic rings. The number of methoxy groups -OCH3 is 2. The van der Waals surface area contributed by atoms with Gasteiger partial charge in [-0.3, -0.25) is 4.79 Å². The summed E-state index contributed by atoms with van der Waals surface area (Å²) in [5.41, 5.74) is 1.64. The van der Waals surface area contributed by atoms with Crippen molar-refractivity contribution in [3.8, 4) is 11.5 Å². The van der Waals surface area contributed by atoms with E-state index in [2.05, 4.69) is 0 Å². The Kier molecular flexibility index (Phi) is 10.1. The van der Waals surface area contributed by atoms with Crippen molar-refractivity contribution in [2.45, 2.75) is 32.2 Å². The maximum Gasteiger partial charge on any atom is 0.389 e. The van der Waals surface area contributed by atoms with Gasteiger partial charge in [0, 0.05) is 12.0 Å². The molecule has 0 spiro atoms. The highest BCUT2D eigenvalue weighted by atomic mass is 19.4. The Balaban J connectivity index is 2.34. The first-order chi connectivity index (χ1) is 16.6. The fourth-order valence-corrected chi connectivity index (χ4v) is 3.20. The van der Waals surface area contributed by atoms with Crippen LogP contribution in [-0.4, -0.2) is 41.5 Å². The molecule has 0 fully saturated rings. The summed E-state index contributed by atoms with van der Waals surface area (Å²) in [5, 5.41) is 29.1. The first kappa shape index (κ1) is 27.7. The lowest BCUT2D eigenvalue weighted by Gasteiger charge is -2.10. The zero-order valence-corrected chi connectivity index (χ0v) is 19.3. The Labute approximate surface area is 201 Å². The van der Waals surface area contributed by atoms with Crippen LogP contribution < -0.4 is 9.47 Å². The van der Waals surface area contributed by atoms with E-state index in [1.165, 1.54) is 26.4 Å². The molecular weight excluding hydrogens is 465 g/mol. The summed E-state index contributed by atoms with van der Waals surface area (Å²) in [4.78, 5) is 12.7. The van der Waals surface area contributed by atoms with E-state index in [1.54, 1.807) is 36.4 Å². The number of hydrogen-bond donors (Lipinski definition) is 3. The number of benzene rings is 2. The van der Waals surface area contributed by atoms with Gasteiger partial charge in [0.25, 0.3) is 0 Å². The van der Waals surface area contributed by atoms with E-state index in [-0.39, 0.29) is 13.2 Å². The van der Waals surface area contributed by atoms with Gasteiger partial charge in [-0.1, -0.05) is 30.4 Å². The molecule has 0 aromatic heterocycles. The van der Waals surface area contributed by atoms with Gasteiger partial charge in [-0.25, -0.2) is 0 Å². The number of alkyl halides is 3. The normalized spacial score (nSPS) is 12.8. The highest BCUT2D eigenvalue weighted by molar-refractivity contribution is 6.07. The second-order valence-corrected chi connectivity index (χ2v) is 7.47. The highest BCUT2D eigenvalue weighted by Crippen LogP contribution is 2.29. The number of ether oxygens (including phenoxy) is 2. The van der Waals surface area contributed by atoms with Gasteiger partial charge in [-0.2, -0.15) is 13.2 Å². The summed E-state index contributed by atoms with van der Waals surface area (Å²) in [6.07, 6.45) is -1.50. The van der Waals surface area contributed by atoms with E-state index in [4.69, 9.17) is 9.47 Å². The van der Waals surface area contributed by atoms with Crippen LogP contribution in [0.4, 0.5) is 13.2 Å². The summed E-state index contributed by atoms with van der Waals surface area (Å²) < 4.78 is 48.8. The van der Waals surface area contributed by atoms with Crippen molar-refractivity contribution in [3.05, 3.63) is 82.1 Å². The van der Waals surface area contributed by atoms with Crippen LogP contribution in [0.2, 0.25) is 0 Å². The van der Waals surface area contributed by atoms with Crippen LogP contribution in [0.15, 0.2) is 59.9 Å². The van der Waals surface area contributed by atoms with Crippen LogP contribution >= 0.6 is 0 Å². The van der Waals surface area contributed by atoms with Crippen molar-refractivity contribution < 1.29 is 42.8 Å². The summed E-state index contributed by atoms with van der Waals surface area (Å²) in [6, 6.07) is 9.58. The summed E-state index contributed by atoms with van der Waals surface area (Å²) in [7, 11) is 2.91. The number of ketones is 1. The average Bonchev–Trinajstić information content (AvgIpc) is 2.84. The third-order valence-corrected chi connectivity index (χ3v) is 5.10. The van der Waals surface area contributed by atoms with Crippen molar-refractivity contribution in [1.29, 1.82) is 0 Å². The minimum Gasteiger partial charge on any atom is -0.508 e. The zero-order valence-electron chi connectivity index (χ0n) is 19.3. The number of hydrogen-bond acceptors (Lipinski definition) is 6. The number of carbonyl (C=O) groups is 1. The van der Waals surface area contributed by atoms with Crippen LogP contribution in [0.1, 0.15) is 35.1 Å². The molecule has 0 radical (unpaired) electrons. The molecule has 0 atom stereocenters. The van der Waals surface area contributed by atoms with E-state index in [0.29, 0.717) is 33.8 Å². The van der Waals surface area contributed by atoms with Gasteiger partial charge in [-0.05, 0) is 59.0 Å². The third kappa shape index (κ3) is 8.31.